The number of aryl methyl sites for hydroxylation is 1. The molecular weight excluding hydrogens is 185 g/mol. The van der Waals surface area contributed by atoms with Crippen LogP contribution >= 0.6 is 0 Å². The fraction of sp³-hybridized carbons (Fsp3) is 0.300. The minimum Gasteiger partial charge on any atom is -0.480 e. The topological polar surface area (TPSA) is 63.3 Å². The van der Waals surface area contributed by atoms with Crippen molar-refractivity contribution in [1.82, 2.24) is 0 Å². The third-order valence-electron chi connectivity index (χ3n) is 2.09. The number of benzene rings is 1. The van der Waals surface area contributed by atoms with Gasteiger partial charge in [0.25, 0.3) is 0 Å². The molecule has 3 N–H and O–H groups in total. The number of carboxylic acids is 1. The summed E-state index contributed by atoms with van der Waals surface area (Å²) in [5.74, 6) is -1.52. The molecule has 0 spiro atoms. The summed E-state index contributed by atoms with van der Waals surface area (Å²) >= 11 is 0. The summed E-state index contributed by atoms with van der Waals surface area (Å²) in [6.45, 7) is 1.73. The summed E-state index contributed by atoms with van der Waals surface area (Å²) in [6, 6.07) is 3.57. The van der Waals surface area contributed by atoms with E-state index in [0.717, 1.165) is 5.56 Å². The number of nitrogens with two attached hydrogens (primary N) is 1. The van der Waals surface area contributed by atoms with Crippen LogP contribution in [0, 0.1) is 12.7 Å². The zero-order chi connectivity index (χ0) is 10.7. The zero-order valence-electron chi connectivity index (χ0n) is 7.83. The molecule has 1 rings (SSSR count). The third kappa shape index (κ3) is 2.29. The normalized spacial score (nSPS) is 12.5. The molecule has 3 nitrogen and oxygen atoms in total. The molecule has 0 bridgehead atoms. The molecule has 4 heteroatoms. The SMILES string of the molecule is Cc1cccc(F)c1C[C@@H](N)C(=O)O. The molecule has 1 atom stereocenters. The molecule has 0 fully saturated rings. The van der Waals surface area contributed by atoms with Gasteiger partial charge in [0, 0.05) is 6.42 Å². The first kappa shape index (κ1) is 10.7. The van der Waals surface area contributed by atoms with E-state index in [-0.39, 0.29) is 6.42 Å². The molecule has 0 aliphatic carbocycles. The Kier molecular flexibility index (Phi) is 3.19. The van der Waals surface area contributed by atoms with Crippen LogP contribution < -0.4 is 5.73 Å². The van der Waals surface area contributed by atoms with Crippen LogP contribution in [0.4, 0.5) is 4.39 Å². The number of halogens is 1. The lowest BCUT2D eigenvalue weighted by atomic mass is 10.0. The molecule has 76 valence electrons. The smallest absolute Gasteiger partial charge is 0.320 e. The van der Waals surface area contributed by atoms with Gasteiger partial charge in [0.05, 0.1) is 0 Å². The molecule has 14 heavy (non-hydrogen) atoms. The lowest BCUT2D eigenvalue weighted by molar-refractivity contribution is -0.138. The molecule has 0 heterocycles. The van der Waals surface area contributed by atoms with Crippen LogP contribution in [-0.2, 0) is 11.2 Å². The molecule has 0 unspecified atom stereocenters. The van der Waals surface area contributed by atoms with Gasteiger partial charge in [-0.3, -0.25) is 4.79 Å². The predicted octanol–water partition coefficient (Wildman–Crippen LogP) is 1.09. The lowest BCUT2D eigenvalue weighted by Crippen LogP contribution is -2.32. The number of rotatable bonds is 3. The largest absolute Gasteiger partial charge is 0.480 e. The molecule has 0 aromatic heterocycles. The molecule has 0 aliphatic rings. The summed E-state index contributed by atoms with van der Waals surface area (Å²) in [5, 5.41) is 8.58. The van der Waals surface area contributed by atoms with Crippen molar-refractivity contribution in [2.24, 2.45) is 5.73 Å². The first-order valence-electron chi connectivity index (χ1n) is 4.24. The van der Waals surface area contributed by atoms with E-state index in [1.807, 2.05) is 0 Å². The van der Waals surface area contributed by atoms with Crippen LogP contribution in [0.15, 0.2) is 18.2 Å². The van der Waals surface area contributed by atoms with Gasteiger partial charge < -0.3 is 10.8 Å². The van der Waals surface area contributed by atoms with Crippen molar-refractivity contribution >= 4 is 5.97 Å². The van der Waals surface area contributed by atoms with E-state index in [9.17, 15) is 9.18 Å². The van der Waals surface area contributed by atoms with Crippen molar-refractivity contribution in [1.29, 1.82) is 0 Å². The number of aliphatic carboxylic acids is 1. The van der Waals surface area contributed by atoms with Gasteiger partial charge in [-0.15, -0.1) is 0 Å². The summed E-state index contributed by atoms with van der Waals surface area (Å²) in [4.78, 5) is 10.5. The molecule has 0 radical (unpaired) electrons. The number of carbonyl (C=O) groups is 1. The summed E-state index contributed by atoms with van der Waals surface area (Å²) in [7, 11) is 0. The number of carboxylic acid groups (broad SMARTS) is 1. The average molecular weight is 197 g/mol. The van der Waals surface area contributed by atoms with Crippen molar-refractivity contribution < 1.29 is 14.3 Å². The Bertz CT molecular complexity index is 332. The second-order valence-electron chi connectivity index (χ2n) is 3.18. The van der Waals surface area contributed by atoms with Gasteiger partial charge in [-0.2, -0.15) is 0 Å². The fourth-order valence-electron chi connectivity index (χ4n) is 1.23. The molecule has 0 saturated heterocycles. The summed E-state index contributed by atoms with van der Waals surface area (Å²) < 4.78 is 13.2. The van der Waals surface area contributed by atoms with Gasteiger partial charge >= 0.3 is 5.97 Å². The molecule has 0 amide bonds. The highest BCUT2D eigenvalue weighted by Crippen LogP contribution is 2.14. The summed E-state index contributed by atoms with van der Waals surface area (Å²) in [5.41, 5.74) is 6.42. The fourth-order valence-corrected chi connectivity index (χ4v) is 1.23. The van der Waals surface area contributed by atoms with Gasteiger partial charge in [-0.25, -0.2) is 4.39 Å². The molecule has 0 aliphatic heterocycles. The molecular formula is C10H12FNO2. The Hall–Kier alpha value is -1.42. The maximum absolute atomic E-state index is 13.2. The Balaban J connectivity index is 2.91. The van der Waals surface area contributed by atoms with E-state index >= 15 is 0 Å². The van der Waals surface area contributed by atoms with Crippen LogP contribution in [0.25, 0.3) is 0 Å². The highest BCUT2D eigenvalue weighted by molar-refractivity contribution is 5.73. The maximum atomic E-state index is 13.2. The van der Waals surface area contributed by atoms with Crippen LogP contribution in [0.1, 0.15) is 11.1 Å². The van der Waals surface area contributed by atoms with Gasteiger partial charge in [0.1, 0.15) is 11.9 Å². The molecule has 1 aromatic carbocycles. The van der Waals surface area contributed by atoms with Gasteiger partial charge in [-0.05, 0) is 24.1 Å². The lowest BCUT2D eigenvalue weighted by Gasteiger charge is -2.09. The van der Waals surface area contributed by atoms with E-state index in [4.69, 9.17) is 10.8 Å². The Morgan fingerprint density at radius 3 is 2.79 bits per heavy atom. The van der Waals surface area contributed by atoms with Crippen molar-refractivity contribution in [3.8, 4) is 0 Å². The Morgan fingerprint density at radius 1 is 1.64 bits per heavy atom. The van der Waals surface area contributed by atoms with E-state index in [1.54, 1.807) is 19.1 Å². The highest BCUT2D eigenvalue weighted by Gasteiger charge is 2.15. The van der Waals surface area contributed by atoms with Crippen LogP contribution in [0.3, 0.4) is 0 Å². The van der Waals surface area contributed by atoms with Crippen molar-refractivity contribution in [2.75, 3.05) is 0 Å². The zero-order valence-corrected chi connectivity index (χ0v) is 7.83. The predicted molar refractivity (Wildman–Crippen MR) is 50.5 cm³/mol. The van der Waals surface area contributed by atoms with Crippen LogP contribution in [0.5, 0.6) is 0 Å². The molecule has 0 saturated carbocycles. The molecule has 1 aromatic rings. The van der Waals surface area contributed by atoms with E-state index in [1.165, 1.54) is 6.07 Å². The minimum atomic E-state index is -1.12. The summed E-state index contributed by atoms with van der Waals surface area (Å²) in [6.07, 6.45) is 0.0217. The van der Waals surface area contributed by atoms with E-state index in [2.05, 4.69) is 0 Å². The second kappa shape index (κ2) is 4.19. The Morgan fingerprint density at radius 2 is 2.29 bits per heavy atom. The number of hydrogen-bond acceptors (Lipinski definition) is 2. The van der Waals surface area contributed by atoms with Crippen molar-refractivity contribution in [2.45, 2.75) is 19.4 Å². The average Bonchev–Trinajstić information content (AvgIpc) is 2.11. The minimum absolute atomic E-state index is 0.0217. The van der Waals surface area contributed by atoms with Crippen molar-refractivity contribution in [3.63, 3.8) is 0 Å². The van der Waals surface area contributed by atoms with Crippen LogP contribution in [-0.4, -0.2) is 17.1 Å². The highest BCUT2D eigenvalue weighted by atomic mass is 19.1. The van der Waals surface area contributed by atoms with E-state index in [0.29, 0.717) is 5.56 Å². The van der Waals surface area contributed by atoms with Gasteiger partial charge in [0.2, 0.25) is 0 Å². The second-order valence-corrected chi connectivity index (χ2v) is 3.18. The van der Waals surface area contributed by atoms with Crippen molar-refractivity contribution in [3.05, 3.63) is 35.1 Å². The van der Waals surface area contributed by atoms with Crippen LogP contribution in [0.2, 0.25) is 0 Å². The quantitative estimate of drug-likeness (QED) is 0.762. The van der Waals surface area contributed by atoms with Gasteiger partial charge in [-0.1, -0.05) is 12.1 Å². The standard InChI is InChI=1S/C10H12FNO2/c1-6-3-2-4-8(11)7(6)5-9(12)10(13)14/h2-4,9H,5,12H2,1H3,(H,13,14)/t9-/m1/s1. The Labute approximate surface area is 81.4 Å². The maximum Gasteiger partial charge on any atom is 0.320 e. The monoisotopic (exact) mass is 197 g/mol. The first-order valence-corrected chi connectivity index (χ1v) is 4.24. The van der Waals surface area contributed by atoms with Gasteiger partial charge in [0.15, 0.2) is 0 Å². The third-order valence-corrected chi connectivity index (χ3v) is 2.09. The first-order chi connectivity index (χ1) is 6.52. The van der Waals surface area contributed by atoms with E-state index < -0.39 is 17.8 Å². The number of hydrogen-bond donors (Lipinski definition) is 2.